The van der Waals surface area contributed by atoms with Crippen molar-refractivity contribution in [3.63, 3.8) is 0 Å². The number of rotatable bonds is 3. The lowest BCUT2D eigenvalue weighted by Gasteiger charge is -2.47. The zero-order valence-electron chi connectivity index (χ0n) is 12.5. The molecule has 0 radical (unpaired) electrons. The molecule has 4 rings (SSSR count). The second kappa shape index (κ2) is 5.54. The van der Waals surface area contributed by atoms with Crippen LogP contribution in [-0.4, -0.2) is 33.9 Å². The minimum atomic E-state index is -0.784. The Labute approximate surface area is 137 Å². The van der Waals surface area contributed by atoms with Crippen molar-refractivity contribution in [2.24, 2.45) is 5.92 Å². The van der Waals surface area contributed by atoms with Crippen LogP contribution in [0.1, 0.15) is 22.0 Å². The van der Waals surface area contributed by atoms with Crippen LogP contribution in [0.2, 0.25) is 0 Å². The molecule has 1 aromatic heterocycles. The lowest BCUT2D eigenvalue weighted by molar-refractivity contribution is -0.152. The summed E-state index contributed by atoms with van der Waals surface area (Å²) >= 11 is 0. The Morgan fingerprint density at radius 3 is 2.42 bits per heavy atom. The number of fused-ring (bicyclic) bond motifs is 1. The molecule has 24 heavy (non-hydrogen) atoms. The van der Waals surface area contributed by atoms with E-state index < -0.39 is 29.9 Å². The van der Waals surface area contributed by atoms with Crippen LogP contribution in [0.5, 0.6) is 0 Å². The van der Waals surface area contributed by atoms with Crippen molar-refractivity contribution < 1.29 is 19.1 Å². The van der Waals surface area contributed by atoms with Crippen LogP contribution in [0.3, 0.4) is 0 Å². The van der Waals surface area contributed by atoms with Crippen molar-refractivity contribution in [3.05, 3.63) is 66.0 Å². The molecule has 3 unspecified atom stereocenters. The van der Waals surface area contributed by atoms with Gasteiger partial charge in [0.25, 0.3) is 5.91 Å². The highest BCUT2D eigenvalue weighted by Gasteiger charge is 2.63. The van der Waals surface area contributed by atoms with Crippen molar-refractivity contribution in [2.45, 2.75) is 12.1 Å². The van der Waals surface area contributed by atoms with Gasteiger partial charge in [-0.05, 0) is 17.7 Å². The van der Waals surface area contributed by atoms with Crippen LogP contribution in [0.15, 0.2) is 54.9 Å². The van der Waals surface area contributed by atoms with Gasteiger partial charge in [0.1, 0.15) is 12.0 Å². The number of pyridine rings is 1. The molecule has 1 aromatic carbocycles. The van der Waals surface area contributed by atoms with Gasteiger partial charge in [-0.3, -0.25) is 20.0 Å². The Hall–Kier alpha value is -3.06. The number of nitrogens with zero attached hydrogens (tertiary/aromatic N) is 2. The van der Waals surface area contributed by atoms with E-state index in [2.05, 4.69) is 10.4 Å². The molecule has 7 heteroatoms. The third-order valence-electron chi connectivity index (χ3n) is 4.31. The maximum Gasteiger partial charge on any atom is 0.333 e. The number of ether oxygens (including phenoxy) is 1. The minimum Gasteiger partial charge on any atom is -0.392 e. The van der Waals surface area contributed by atoms with Crippen LogP contribution >= 0.6 is 0 Å². The topological polar surface area (TPSA) is 88.6 Å². The molecule has 2 aliphatic heterocycles. The van der Waals surface area contributed by atoms with Gasteiger partial charge in [0.05, 0.1) is 6.04 Å². The van der Waals surface area contributed by atoms with Crippen LogP contribution in [0.4, 0.5) is 0 Å². The van der Waals surface area contributed by atoms with Crippen molar-refractivity contribution in [1.82, 2.24) is 15.4 Å². The maximum absolute atomic E-state index is 12.4. The Balaban J connectivity index is 1.63. The van der Waals surface area contributed by atoms with Crippen molar-refractivity contribution in [2.75, 3.05) is 0 Å². The van der Waals surface area contributed by atoms with Gasteiger partial charge < -0.3 is 4.74 Å². The predicted octanol–water partition coefficient (Wildman–Crippen LogP) is 0.851. The normalized spacial score (nSPS) is 25.6. The van der Waals surface area contributed by atoms with Gasteiger partial charge in [0.2, 0.25) is 0 Å². The van der Waals surface area contributed by atoms with E-state index in [-0.39, 0.29) is 5.91 Å². The number of cyclic esters (lactones) is 2. The summed E-state index contributed by atoms with van der Waals surface area (Å²) in [5, 5.41) is 1.50. The van der Waals surface area contributed by atoms with E-state index in [1.807, 2.05) is 30.3 Å². The summed E-state index contributed by atoms with van der Waals surface area (Å²) in [6.07, 6.45) is 3.02. The lowest BCUT2D eigenvalue weighted by Crippen LogP contribution is -2.66. The van der Waals surface area contributed by atoms with E-state index in [1.165, 1.54) is 17.4 Å². The first-order valence-corrected chi connectivity index (χ1v) is 7.46. The van der Waals surface area contributed by atoms with Gasteiger partial charge in [-0.1, -0.05) is 30.3 Å². The fourth-order valence-electron chi connectivity index (χ4n) is 3.18. The van der Waals surface area contributed by atoms with E-state index in [1.54, 1.807) is 12.1 Å². The van der Waals surface area contributed by atoms with Crippen molar-refractivity contribution in [1.29, 1.82) is 0 Å². The summed E-state index contributed by atoms with van der Waals surface area (Å²) in [4.78, 5) is 40.1. The summed E-state index contributed by atoms with van der Waals surface area (Å²) < 4.78 is 4.74. The first-order valence-electron chi connectivity index (χ1n) is 7.46. The highest BCUT2D eigenvalue weighted by molar-refractivity contribution is 6.02. The average Bonchev–Trinajstić information content (AvgIpc) is 2.84. The van der Waals surface area contributed by atoms with Crippen molar-refractivity contribution in [3.8, 4) is 0 Å². The minimum absolute atomic E-state index is 0.371. The number of hydrogen-bond acceptors (Lipinski definition) is 6. The molecule has 1 amide bonds. The molecule has 120 valence electrons. The third-order valence-corrected chi connectivity index (χ3v) is 4.31. The number of carbonyl (C=O) groups excluding carboxylic acids is 3. The molecule has 1 N–H and O–H groups in total. The van der Waals surface area contributed by atoms with Gasteiger partial charge >= 0.3 is 11.9 Å². The van der Waals surface area contributed by atoms with Gasteiger partial charge in [0, 0.05) is 18.0 Å². The standard InChI is InChI=1S/C17H13N3O4/c21-15(11-6-8-18-9-7-11)19-20-13(10-4-2-1-3-5-10)12-14(20)17(23)24-16(12)22/h1-9,12-14H,(H,19,21). The lowest BCUT2D eigenvalue weighted by atomic mass is 9.79. The number of aromatic nitrogens is 1. The fraction of sp³-hybridized carbons (Fsp3) is 0.176. The number of hydrazine groups is 1. The number of hydrogen-bond donors (Lipinski definition) is 1. The van der Waals surface area contributed by atoms with Gasteiger partial charge in [-0.15, -0.1) is 0 Å². The Morgan fingerprint density at radius 1 is 1.00 bits per heavy atom. The Bertz CT molecular complexity index is 809. The monoisotopic (exact) mass is 323 g/mol. The summed E-state index contributed by atoms with van der Waals surface area (Å²) in [7, 11) is 0. The number of carbonyl (C=O) groups is 3. The van der Waals surface area contributed by atoms with E-state index >= 15 is 0 Å². The van der Waals surface area contributed by atoms with E-state index in [0.717, 1.165) is 5.56 Å². The van der Waals surface area contributed by atoms with Gasteiger partial charge in [-0.25, -0.2) is 4.79 Å². The maximum atomic E-state index is 12.4. The quantitative estimate of drug-likeness (QED) is 0.665. The van der Waals surface area contributed by atoms with Crippen molar-refractivity contribution >= 4 is 17.8 Å². The molecule has 0 bridgehead atoms. The van der Waals surface area contributed by atoms with E-state index in [4.69, 9.17) is 4.74 Å². The summed E-state index contributed by atoms with van der Waals surface area (Å²) in [5.74, 6) is -2.15. The molecule has 0 aliphatic carbocycles. The molecule has 3 atom stereocenters. The third kappa shape index (κ3) is 2.17. The zero-order chi connectivity index (χ0) is 16.7. The largest absolute Gasteiger partial charge is 0.392 e. The summed E-state index contributed by atoms with van der Waals surface area (Å²) in [6, 6.07) is 11.2. The fourth-order valence-corrected chi connectivity index (χ4v) is 3.18. The Kier molecular flexibility index (Phi) is 3.35. The molecular weight excluding hydrogens is 310 g/mol. The molecular formula is C17H13N3O4. The second-order valence-corrected chi connectivity index (χ2v) is 5.65. The molecule has 2 saturated heterocycles. The van der Waals surface area contributed by atoms with E-state index in [9.17, 15) is 14.4 Å². The SMILES string of the molecule is O=C(NN1C2C(=O)OC(=O)C2C1c1ccccc1)c1ccncc1. The highest BCUT2D eigenvalue weighted by atomic mass is 16.6. The number of amides is 1. The van der Waals surface area contributed by atoms with Crippen LogP contribution in [0.25, 0.3) is 0 Å². The smallest absolute Gasteiger partial charge is 0.333 e. The van der Waals surface area contributed by atoms with E-state index in [0.29, 0.717) is 5.56 Å². The first kappa shape index (κ1) is 14.5. The zero-order valence-corrected chi connectivity index (χ0v) is 12.5. The number of nitrogens with one attached hydrogen (secondary N) is 1. The van der Waals surface area contributed by atoms with Crippen LogP contribution < -0.4 is 5.43 Å². The molecule has 2 aromatic rings. The summed E-state index contributed by atoms with van der Waals surface area (Å²) in [5.41, 5.74) is 3.97. The van der Waals surface area contributed by atoms with Gasteiger partial charge in [0.15, 0.2) is 0 Å². The molecule has 2 aliphatic rings. The molecule has 2 fully saturated rings. The van der Waals surface area contributed by atoms with Crippen LogP contribution in [-0.2, 0) is 14.3 Å². The first-order chi connectivity index (χ1) is 11.7. The molecule has 0 saturated carbocycles. The number of esters is 2. The second-order valence-electron chi connectivity index (χ2n) is 5.65. The Morgan fingerprint density at radius 2 is 1.71 bits per heavy atom. The summed E-state index contributed by atoms with van der Waals surface area (Å²) in [6.45, 7) is 0. The molecule has 3 heterocycles. The van der Waals surface area contributed by atoms with Gasteiger partial charge in [-0.2, -0.15) is 5.01 Å². The highest BCUT2D eigenvalue weighted by Crippen LogP contribution is 2.47. The number of benzene rings is 1. The van der Waals surface area contributed by atoms with Crippen LogP contribution in [0, 0.1) is 5.92 Å². The molecule has 0 spiro atoms. The predicted molar refractivity (Wildman–Crippen MR) is 81.1 cm³/mol. The molecule has 7 nitrogen and oxygen atoms in total. The average molecular weight is 323 g/mol.